The highest BCUT2D eigenvalue weighted by molar-refractivity contribution is 6.40. The van der Waals surface area contributed by atoms with Crippen molar-refractivity contribution in [1.82, 2.24) is 4.90 Å². The number of hydrogen-bond acceptors (Lipinski definition) is 5. The van der Waals surface area contributed by atoms with Gasteiger partial charge in [0, 0.05) is 12.1 Å². The van der Waals surface area contributed by atoms with Crippen LogP contribution in [0.4, 0.5) is 0 Å². The molecule has 0 atom stereocenters. The number of ether oxygens (including phenoxy) is 2. The smallest absolute Gasteiger partial charge is 0.379 e. The number of esters is 1. The summed E-state index contributed by atoms with van der Waals surface area (Å²) in [5, 5.41) is 0. The third kappa shape index (κ3) is 4.37. The summed E-state index contributed by atoms with van der Waals surface area (Å²) in [5.74, 6) is -0.945. The maximum atomic E-state index is 11.9. The molecule has 0 aromatic heterocycles. The molecule has 0 aliphatic carbocycles. The van der Waals surface area contributed by atoms with Crippen LogP contribution in [0, 0.1) is 0 Å². The van der Waals surface area contributed by atoms with Crippen molar-refractivity contribution in [2.45, 2.75) is 13.5 Å². The summed E-state index contributed by atoms with van der Waals surface area (Å²) in [6.45, 7) is 2.49. The number of carbonyl (C=O) groups excluding carboxylic acids is 2. The third-order valence-corrected chi connectivity index (χ3v) is 2.42. The molecule has 0 saturated heterocycles. The van der Waals surface area contributed by atoms with E-state index in [0.29, 0.717) is 12.3 Å². The first-order valence-electron chi connectivity index (χ1n) is 6.02. The van der Waals surface area contributed by atoms with Crippen molar-refractivity contribution >= 4 is 11.8 Å². The lowest BCUT2D eigenvalue weighted by Gasteiger charge is -2.12. The molecule has 19 heavy (non-hydrogen) atoms. The van der Waals surface area contributed by atoms with Crippen molar-refractivity contribution in [2.75, 3.05) is 27.8 Å². The molecule has 0 saturated carbocycles. The van der Waals surface area contributed by atoms with Crippen LogP contribution in [0.5, 0.6) is 5.75 Å². The second-order valence-electron chi connectivity index (χ2n) is 4.36. The normalized spacial score (nSPS) is 10.4. The predicted octanol–water partition coefficient (Wildman–Crippen LogP) is 1.50. The van der Waals surface area contributed by atoms with E-state index in [4.69, 9.17) is 9.47 Å². The Morgan fingerprint density at radius 1 is 1.21 bits per heavy atom. The van der Waals surface area contributed by atoms with Crippen LogP contribution >= 0.6 is 0 Å². The van der Waals surface area contributed by atoms with E-state index in [1.807, 2.05) is 25.1 Å². The zero-order valence-corrected chi connectivity index (χ0v) is 11.7. The Kier molecular flexibility index (Phi) is 5.51. The fraction of sp³-hybridized carbons (Fsp3) is 0.429. The first-order chi connectivity index (χ1) is 8.97. The molecule has 0 heterocycles. The number of carbonyl (C=O) groups is 2. The minimum absolute atomic E-state index is 0.180. The zero-order chi connectivity index (χ0) is 14.4. The summed E-state index contributed by atoms with van der Waals surface area (Å²) in [4.78, 5) is 25.3. The van der Waals surface area contributed by atoms with Crippen molar-refractivity contribution in [3.8, 4) is 5.75 Å². The van der Waals surface area contributed by atoms with Gasteiger partial charge in [0.25, 0.3) is 5.78 Å². The Hall–Kier alpha value is -1.88. The highest BCUT2D eigenvalue weighted by atomic mass is 16.5. The fourth-order valence-electron chi connectivity index (χ4n) is 1.68. The lowest BCUT2D eigenvalue weighted by Crippen LogP contribution is -2.18. The van der Waals surface area contributed by atoms with E-state index in [1.165, 1.54) is 7.11 Å². The molecule has 0 spiro atoms. The highest BCUT2D eigenvalue weighted by Crippen LogP contribution is 2.18. The van der Waals surface area contributed by atoms with Crippen molar-refractivity contribution in [3.63, 3.8) is 0 Å². The number of Topliss-reactive ketones (excluding diaryl/α,β-unsaturated/α-hetero) is 1. The minimum atomic E-state index is -0.841. The Balaban J connectivity index is 3.05. The highest BCUT2D eigenvalue weighted by Gasteiger charge is 2.19. The van der Waals surface area contributed by atoms with Gasteiger partial charge in [-0.1, -0.05) is 0 Å². The van der Waals surface area contributed by atoms with E-state index in [2.05, 4.69) is 0 Å². The quantitative estimate of drug-likeness (QED) is 0.443. The van der Waals surface area contributed by atoms with Gasteiger partial charge in [-0.3, -0.25) is 4.79 Å². The Bertz CT molecular complexity index is 469. The van der Waals surface area contributed by atoms with Gasteiger partial charge in [0.1, 0.15) is 5.75 Å². The molecule has 1 aromatic carbocycles. The van der Waals surface area contributed by atoms with Gasteiger partial charge in [-0.25, -0.2) is 4.79 Å². The molecular weight excluding hydrogens is 246 g/mol. The molecule has 5 heteroatoms. The van der Waals surface area contributed by atoms with Gasteiger partial charge < -0.3 is 14.4 Å². The zero-order valence-electron chi connectivity index (χ0n) is 11.7. The van der Waals surface area contributed by atoms with Crippen molar-refractivity contribution in [2.24, 2.45) is 0 Å². The van der Waals surface area contributed by atoms with Crippen LogP contribution in [-0.4, -0.2) is 44.5 Å². The maximum Gasteiger partial charge on any atom is 0.379 e. The monoisotopic (exact) mass is 265 g/mol. The van der Waals surface area contributed by atoms with Crippen molar-refractivity contribution in [1.29, 1.82) is 0 Å². The van der Waals surface area contributed by atoms with Gasteiger partial charge in [-0.2, -0.15) is 0 Å². The molecule has 0 amide bonds. The molecule has 5 nitrogen and oxygen atoms in total. The lowest BCUT2D eigenvalue weighted by atomic mass is 10.1. The second-order valence-corrected chi connectivity index (χ2v) is 4.36. The molecule has 0 N–H and O–H groups in total. The largest absolute Gasteiger partial charge is 0.497 e. The van der Waals surface area contributed by atoms with Gasteiger partial charge in [0.15, 0.2) is 0 Å². The molecule has 0 fully saturated rings. The van der Waals surface area contributed by atoms with E-state index < -0.39 is 11.8 Å². The van der Waals surface area contributed by atoms with Crippen LogP contribution in [-0.2, 0) is 16.1 Å². The molecule has 0 aliphatic rings. The van der Waals surface area contributed by atoms with Gasteiger partial charge in [-0.15, -0.1) is 0 Å². The van der Waals surface area contributed by atoms with Crippen LogP contribution in [0.1, 0.15) is 22.8 Å². The van der Waals surface area contributed by atoms with Crippen LogP contribution in [0.15, 0.2) is 18.2 Å². The molecule has 0 unspecified atom stereocenters. The molecule has 0 aliphatic heterocycles. The number of ketones is 1. The Labute approximate surface area is 113 Å². The summed E-state index contributed by atoms with van der Waals surface area (Å²) < 4.78 is 9.86. The van der Waals surface area contributed by atoms with E-state index in [9.17, 15) is 9.59 Å². The fourth-order valence-corrected chi connectivity index (χ4v) is 1.68. The van der Waals surface area contributed by atoms with Crippen LogP contribution in [0.3, 0.4) is 0 Å². The first-order valence-corrected chi connectivity index (χ1v) is 6.02. The number of hydrogen-bond donors (Lipinski definition) is 0. The number of methoxy groups -OCH3 is 1. The van der Waals surface area contributed by atoms with Gasteiger partial charge >= 0.3 is 5.97 Å². The molecule has 1 rings (SSSR count). The number of nitrogens with zero attached hydrogens (tertiary/aromatic N) is 1. The van der Waals surface area contributed by atoms with E-state index >= 15 is 0 Å². The van der Waals surface area contributed by atoms with Crippen LogP contribution in [0.25, 0.3) is 0 Å². The standard InChI is InChI=1S/C14H19NO4/c1-5-19-14(17)13(16)11-6-10(9-15(2)3)7-12(8-11)18-4/h6-8H,5,9H2,1-4H3. The van der Waals surface area contributed by atoms with Crippen LogP contribution < -0.4 is 4.74 Å². The molecule has 0 bridgehead atoms. The molecule has 0 radical (unpaired) electrons. The molecule has 104 valence electrons. The van der Waals surface area contributed by atoms with Crippen LogP contribution in [0.2, 0.25) is 0 Å². The number of benzene rings is 1. The number of rotatable bonds is 6. The van der Waals surface area contributed by atoms with Crippen molar-refractivity contribution in [3.05, 3.63) is 29.3 Å². The predicted molar refractivity (Wildman–Crippen MR) is 71.3 cm³/mol. The molecule has 1 aromatic rings. The maximum absolute atomic E-state index is 11.9. The summed E-state index contributed by atoms with van der Waals surface area (Å²) >= 11 is 0. The minimum Gasteiger partial charge on any atom is -0.497 e. The lowest BCUT2D eigenvalue weighted by molar-refractivity contribution is -0.137. The summed E-state index contributed by atoms with van der Waals surface area (Å²) in [5.41, 5.74) is 1.19. The van der Waals surface area contributed by atoms with Gasteiger partial charge in [0.05, 0.1) is 13.7 Å². The van der Waals surface area contributed by atoms with Crippen molar-refractivity contribution < 1.29 is 19.1 Å². The Morgan fingerprint density at radius 3 is 2.42 bits per heavy atom. The summed E-state index contributed by atoms with van der Waals surface area (Å²) in [6.07, 6.45) is 0. The topological polar surface area (TPSA) is 55.8 Å². The second kappa shape index (κ2) is 6.89. The van der Waals surface area contributed by atoms with E-state index in [-0.39, 0.29) is 12.2 Å². The summed E-state index contributed by atoms with van der Waals surface area (Å²) in [7, 11) is 5.37. The summed E-state index contributed by atoms with van der Waals surface area (Å²) in [6, 6.07) is 5.06. The first kappa shape index (κ1) is 15.2. The van der Waals surface area contributed by atoms with E-state index in [0.717, 1.165) is 5.56 Å². The SMILES string of the molecule is CCOC(=O)C(=O)c1cc(CN(C)C)cc(OC)c1. The molecular formula is C14H19NO4. The average molecular weight is 265 g/mol. The van der Waals surface area contributed by atoms with Gasteiger partial charge in [-0.05, 0) is 44.8 Å². The van der Waals surface area contributed by atoms with Gasteiger partial charge in [0.2, 0.25) is 0 Å². The average Bonchev–Trinajstić information content (AvgIpc) is 2.36. The third-order valence-electron chi connectivity index (χ3n) is 2.42. The van der Waals surface area contributed by atoms with E-state index in [1.54, 1.807) is 19.1 Å². The Morgan fingerprint density at radius 2 is 1.89 bits per heavy atom.